The molecule has 9 heteroatoms. The molecule has 0 amide bonds. The number of rotatable bonds is 6. The summed E-state index contributed by atoms with van der Waals surface area (Å²) in [5, 5.41) is 8.15. The Morgan fingerprint density at radius 2 is 1.56 bits per heavy atom. The maximum atomic E-state index is 12.1. The average molecular weight is 356 g/mol. The molecular weight excluding hydrogens is 337 g/mol. The first-order valence-corrected chi connectivity index (χ1v) is 8.07. The highest BCUT2D eigenvalue weighted by atomic mass is 19.4. The molecule has 0 aliphatic carbocycles. The van der Waals surface area contributed by atoms with Gasteiger partial charge in [-0.25, -0.2) is 0 Å². The SMILES string of the molecule is FC(F)(F)Oc1ccc(OC2CCN(CCn3nccn3)CC2)cc1. The van der Waals surface area contributed by atoms with Crippen LogP contribution < -0.4 is 9.47 Å². The lowest BCUT2D eigenvalue weighted by atomic mass is 10.1. The largest absolute Gasteiger partial charge is 0.573 e. The van der Waals surface area contributed by atoms with Crippen LogP contribution >= 0.6 is 0 Å². The summed E-state index contributed by atoms with van der Waals surface area (Å²) in [5.74, 6) is 0.301. The van der Waals surface area contributed by atoms with Crippen molar-refractivity contribution in [1.82, 2.24) is 19.9 Å². The number of halogens is 3. The Balaban J connectivity index is 1.41. The first-order chi connectivity index (χ1) is 12.0. The Kier molecular flexibility index (Phi) is 5.42. The molecule has 0 saturated carbocycles. The molecule has 1 aromatic carbocycles. The lowest BCUT2D eigenvalue weighted by Crippen LogP contribution is -2.39. The minimum atomic E-state index is -4.68. The second kappa shape index (κ2) is 7.73. The Morgan fingerprint density at radius 3 is 2.16 bits per heavy atom. The number of alkyl halides is 3. The highest BCUT2D eigenvalue weighted by Crippen LogP contribution is 2.26. The zero-order valence-corrected chi connectivity index (χ0v) is 13.5. The summed E-state index contributed by atoms with van der Waals surface area (Å²) in [5.41, 5.74) is 0. The van der Waals surface area contributed by atoms with Gasteiger partial charge in [0.15, 0.2) is 0 Å². The van der Waals surface area contributed by atoms with Crippen molar-refractivity contribution in [1.29, 1.82) is 0 Å². The van der Waals surface area contributed by atoms with Crippen LogP contribution in [0, 0.1) is 0 Å². The summed E-state index contributed by atoms with van der Waals surface area (Å²) < 4.78 is 46.1. The zero-order valence-electron chi connectivity index (χ0n) is 13.5. The van der Waals surface area contributed by atoms with E-state index in [1.165, 1.54) is 24.3 Å². The summed E-state index contributed by atoms with van der Waals surface area (Å²) in [6, 6.07) is 5.51. The van der Waals surface area contributed by atoms with E-state index in [1.54, 1.807) is 17.2 Å². The van der Waals surface area contributed by atoms with Crippen LogP contribution in [0.25, 0.3) is 0 Å². The topological polar surface area (TPSA) is 52.4 Å². The van der Waals surface area contributed by atoms with Crippen molar-refractivity contribution < 1.29 is 22.6 Å². The fraction of sp³-hybridized carbons (Fsp3) is 0.500. The van der Waals surface area contributed by atoms with Crippen molar-refractivity contribution in [2.45, 2.75) is 31.9 Å². The third-order valence-electron chi connectivity index (χ3n) is 3.98. The van der Waals surface area contributed by atoms with Gasteiger partial charge in [-0.05, 0) is 37.1 Å². The van der Waals surface area contributed by atoms with Gasteiger partial charge in [-0.1, -0.05) is 0 Å². The Morgan fingerprint density at radius 1 is 0.960 bits per heavy atom. The molecule has 0 unspecified atom stereocenters. The molecule has 1 aliphatic heterocycles. The molecule has 0 radical (unpaired) electrons. The number of nitrogens with zero attached hydrogens (tertiary/aromatic N) is 4. The maximum absolute atomic E-state index is 12.1. The van der Waals surface area contributed by atoms with Gasteiger partial charge < -0.3 is 14.4 Å². The van der Waals surface area contributed by atoms with Crippen molar-refractivity contribution >= 4 is 0 Å². The van der Waals surface area contributed by atoms with Crippen LogP contribution in [-0.2, 0) is 6.54 Å². The molecule has 0 N–H and O–H groups in total. The predicted molar refractivity (Wildman–Crippen MR) is 83.2 cm³/mol. The van der Waals surface area contributed by atoms with Gasteiger partial charge in [0.2, 0.25) is 0 Å². The van der Waals surface area contributed by atoms with Crippen molar-refractivity contribution in [3.63, 3.8) is 0 Å². The van der Waals surface area contributed by atoms with Gasteiger partial charge in [0.1, 0.15) is 17.6 Å². The standard InChI is InChI=1S/C16H19F3N4O2/c17-16(18,19)25-15-3-1-13(2-4-15)24-14-5-9-22(10-6-14)11-12-23-20-7-8-21-23/h1-4,7-8,14H,5-6,9-12H2. The predicted octanol–water partition coefficient (Wildman–Crippen LogP) is 2.72. The van der Waals surface area contributed by atoms with E-state index in [4.69, 9.17) is 4.74 Å². The molecule has 2 aromatic rings. The fourth-order valence-corrected chi connectivity index (χ4v) is 2.75. The van der Waals surface area contributed by atoms with Gasteiger partial charge in [-0.3, -0.25) is 0 Å². The first kappa shape index (κ1) is 17.5. The normalized spacial score (nSPS) is 16.8. The highest BCUT2D eigenvalue weighted by Gasteiger charge is 2.31. The van der Waals surface area contributed by atoms with E-state index in [0.29, 0.717) is 5.75 Å². The van der Waals surface area contributed by atoms with Gasteiger partial charge in [-0.2, -0.15) is 15.0 Å². The van der Waals surface area contributed by atoms with Crippen LogP contribution in [0.15, 0.2) is 36.7 Å². The minimum Gasteiger partial charge on any atom is -0.490 e. The second-order valence-corrected chi connectivity index (χ2v) is 5.80. The summed E-state index contributed by atoms with van der Waals surface area (Å²) in [6.07, 6.45) is 0.436. The van der Waals surface area contributed by atoms with Crippen molar-refractivity contribution in [2.75, 3.05) is 19.6 Å². The van der Waals surface area contributed by atoms with Gasteiger partial charge >= 0.3 is 6.36 Å². The summed E-state index contributed by atoms with van der Waals surface area (Å²) in [7, 11) is 0. The molecular formula is C16H19F3N4O2. The molecule has 3 rings (SSSR count). The fourth-order valence-electron chi connectivity index (χ4n) is 2.75. The zero-order chi connectivity index (χ0) is 17.7. The van der Waals surface area contributed by atoms with E-state index in [1.807, 2.05) is 0 Å². The monoisotopic (exact) mass is 356 g/mol. The Labute approximate surface area is 143 Å². The molecule has 1 aromatic heterocycles. The van der Waals surface area contributed by atoms with Crippen LogP contribution in [0.4, 0.5) is 13.2 Å². The molecule has 1 saturated heterocycles. The number of piperidine rings is 1. The molecule has 6 nitrogen and oxygen atoms in total. The van der Waals surface area contributed by atoms with E-state index >= 15 is 0 Å². The number of hydrogen-bond donors (Lipinski definition) is 0. The van der Waals surface area contributed by atoms with Gasteiger partial charge in [0, 0.05) is 19.6 Å². The number of hydrogen-bond acceptors (Lipinski definition) is 5. The Bertz CT molecular complexity index is 638. The molecule has 2 heterocycles. The summed E-state index contributed by atoms with van der Waals surface area (Å²) in [4.78, 5) is 3.98. The maximum Gasteiger partial charge on any atom is 0.573 e. The van der Waals surface area contributed by atoms with Crippen LogP contribution in [0.3, 0.4) is 0 Å². The molecule has 0 spiro atoms. The molecule has 25 heavy (non-hydrogen) atoms. The highest BCUT2D eigenvalue weighted by molar-refractivity contribution is 5.31. The van der Waals surface area contributed by atoms with Gasteiger partial charge in [0.05, 0.1) is 18.9 Å². The van der Waals surface area contributed by atoms with E-state index in [0.717, 1.165) is 39.0 Å². The minimum absolute atomic E-state index is 0.0634. The molecule has 1 aliphatic rings. The molecule has 1 fully saturated rings. The summed E-state index contributed by atoms with van der Waals surface area (Å²) >= 11 is 0. The summed E-state index contributed by atoms with van der Waals surface area (Å²) in [6.45, 7) is 3.44. The number of ether oxygens (including phenoxy) is 2. The molecule has 136 valence electrons. The van der Waals surface area contributed by atoms with E-state index in [2.05, 4.69) is 19.8 Å². The van der Waals surface area contributed by atoms with Crippen LogP contribution in [-0.4, -0.2) is 52.0 Å². The number of benzene rings is 1. The van der Waals surface area contributed by atoms with Crippen LogP contribution in [0.2, 0.25) is 0 Å². The van der Waals surface area contributed by atoms with Crippen LogP contribution in [0.5, 0.6) is 11.5 Å². The average Bonchev–Trinajstić information content (AvgIpc) is 3.08. The molecule has 0 bridgehead atoms. The van der Waals surface area contributed by atoms with Crippen molar-refractivity contribution in [3.8, 4) is 11.5 Å². The third-order valence-corrected chi connectivity index (χ3v) is 3.98. The van der Waals surface area contributed by atoms with E-state index in [-0.39, 0.29) is 11.9 Å². The second-order valence-electron chi connectivity index (χ2n) is 5.80. The first-order valence-electron chi connectivity index (χ1n) is 8.07. The van der Waals surface area contributed by atoms with Crippen molar-refractivity contribution in [2.24, 2.45) is 0 Å². The Hall–Kier alpha value is -2.29. The van der Waals surface area contributed by atoms with E-state index in [9.17, 15) is 13.2 Å². The van der Waals surface area contributed by atoms with E-state index < -0.39 is 6.36 Å². The number of aromatic nitrogens is 3. The van der Waals surface area contributed by atoms with Gasteiger partial charge in [-0.15, -0.1) is 13.2 Å². The smallest absolute Gasteiger partial charge is 0.490 e. The number of likely N-dealkylation sites (tertiary alicyclic amines) is 1. The lowest BCUT2D eigenvalue weighted by molar-refractivity contribution is -0.274. The quantitative estimate of drug-likeness (QED) is 0.797. The van der Waals surface area contributed by atoms with Gasteiger partial charge in [0.25, 0.3) is 0 Å². The third kappa shape index (κ3) is 5.63. The van der Waals surface area contributed by atoms with Crippen LogP contribution in [0.1, 0.15) is 12.8 Å². The lowest BCUT2D eigenvalue weighted by Gasteiger charge is -2.31. The molecule has 0 atom stereocenters. The van der Waals surface area contributed by atoms with Crippen molar-refractivity contribution in [3.05, 3.63) is 36.7 Å².